The van der Waals surface area contributed by atoms with E-state index in [0.717, 1.165) is 5.56 Å². The Kier molecular flexibility index (Phi) is 5.41. The minimum absolute atomic E-state index is 0.0328. The first-order valence-electron chi connectivity index (χ1n) is 8.62. The molecule has 0 aliphatic carbocycles. The van der Waals surface area contributed by atoms with Crippen molar-refractivity contribution in [2.24, 2.45) is 0 Å². The average Bonchev–Trinajstić information content (AvgIpc) is 2.69. The molecule has 0 unspecified atom stereocenters. The van der Waals surface area contributed by atoms with Gasteiger partial charge in [-0.15, -0.1) is 0 Å². The number of nitrogen functional groups attached to an aromatic ring is 1. The lowest BCUT2D eigenvalue weighted by atomic mass is 10.1. The van der Waals surface area contributed by atoms with Crippen LogP contribution in [-0.2, 0) is 11.2 Å². The molecule has 0 aromatic heterocycles. The maximum atomic E-state index is 12.6. The zero-order valence-electron chi connectivity index (χ0n) is 14.9. The summed E-state index contributed by atoms with van der Waals surface area (Å²) in [4.78, 5) is 28.7. The first-order valence-corrected chi connectivity index (χ1v) is 8.62. The molecule has 0 radical (unpaired) electrons. The van der Waals surface area contributed by atoms with Crippen LogP contribution in [0.25, 0.3) is 0 Å². The van der Waals surface area contributed by atoms with Crippen molar-refractivity contribution in [3.8, 4) is 5.75 Å². The van der Waals surface area contributed by atoms with Crippen LogP contribution in [-0.4, -0.2) is 54.9 Å². The third-order valence-corrected chi connectivity index (χ3v) is 4.57. The van der Waals surface area contributed by atoms with Gasteiger partial charge in [-0.25, -0.2) is 0 Å². The van der Waals surface area contributed by atoms with Crippen molar-refractivity contribution in [1.29, 1.82) is 0 Å². The molecule has 0 bridgehead atoms. The number of amides is 2. The van der Waals surface area contributed by atoms with Gasteiger partial charge in [0.25, 0.3) is 5.91 Å². The molecule has 6 nitrogen and oxygen atoms in total. The highest BCUT2D eigenvalue weighted by Gasteiger charge is 2.25. The van der Waals surface area contributed by atoms with Gasteiger partial charge in [0.1, 0.15) is 5.75 Å². The second-order valence-electron chi connectivity index (χ2n) is 6.32. The van der Waals surface area contributed by atoms with E-state index in [1.165, 1.54) is 0 Å². The second kappa shape index (κ2) is 7.91. The zero-order valence-corrected chi connectivity index (χ0v) is 14.9. The second-order valence-corrected chi connectivity index (χ2v) is 6.32. The van der Waals surface area contributed by atoms with E-state index in [2.05, 4.69) is 0 Å². The number of nitrogens with zero attached hydrogens (tertiary/aromatic N) is 2. The molecule has 1 saturated heterocycles. The number of nitrogens with two attached hydrogens (primary N) is 1. The van der Waals surface area contributed by atoms with Crippen LogP contribution in [0.1, 0.15) is 15.9 Å². The van der Waals surface area contributed by atoms with E-state index in [1.54, 1.807) is 42.3 Å². The predicted molar refractivity (Wildman–Crippen MR) is 100 cm³/mol. The summed E-state index contributed by atoms with van der Waals surface area (Å²) in [6.45, 7) is 2.15. The van der Waals surface area contributed by atoms with Crippen LogP contribution in [0, 0.1) is 0 Å². The van der Waals surface area contributed by atoms with Crippen LogP contribution in [0.3, 0.4) is 0 Å². The lowest BCUT2D eigenvalue weighted by Gasteiger charge is -2.35. The molecule has 1 aliphatic heterocycles. The first kappa shape index (κ1) is 17.8. The van der Waals surface area contributed by atoms with Gasteiger partial charge in [-0.05, 0) is 35.9 Å². The number of carbonyl (C=O) groups excluding carboxylic acids is 2. The van der Waals surface area contributed by atoms with Crippen molar-refractivity contribution in [2.45, 2.75) is 6.42 Å². The van der Waals surface area contributed by atoms with Gasteiger partial charge < -0.3 is 20.3 Å². The lowest BCUT2D eigenvalue weighted by molar-refractivity contribution is -0.131. The number of rotatable bonds is 4. The standard InChI is InChI=1S/C20H23N3O3/c1-26-18-4-2-3-16(14-18)20(25)23-11-9-22(10-12-23)19(24)13-15-5-7-17(21)8-6-15/h2-8,14H,9-13,21H2,1H3. The molecule has 6 heteroatoms. The Morgan fingerprint density at radius 1 is 1.00 bits per heavy atom. The molecule has 0 atom stereocenters. The van der Waals surface area contributed by atoms with E-state index in [0.29, 0.717) is 49.6 Å². The summed E-state index contributed by atoms with van der Waals surface area (Å²) in [5, 5.41) is 0. The molecule has 26 heavy (non-hydrogen) atoms. The number of anilines is 1. The Labute approximate surface area is 153 Å². The number of hydrogen-bond donors (Lipinski definition) is 1. The smallest absolute Gasteiger partial charge is 0.254 e. The Morgan fingerprint density at radius 3 is 2.31 bits per heavy atom. The fourth-order valence-corrected chi connectivity index (χ4v) is 3.02. The van der Waals surface area contributed by atoms with Crippen LogP contribution in [0.2, 0.25) is 0 Å². The number of ether oxygens (including phenoxy) is 1. The van der Waals surface area contributed by atoms with Crippen molar-refractivity contribution in [3.63, 3.8) is 0 Å². The van der Waals surface area contributed by atoms with E-state index in [4.69, 9.17) is 10.5 Å². The lowest BCUT2D eigenvalue weighted by Crippen LogP contribution is -2.51. The third-order valence-electron chi connectivity index (χ3n) is 4.57. The summed E-state index contributed by atoms with van der Waals surface area (Å²) in [6, 6.07) is 14.5. The van der Waals surface area contributed by atoms with Crippen molar-refractivity contribution in [3.05, 3.63) is 59.7 Å². The van der Waals surface area contributed by atoms with Crippen LogP contribution in [0.4, 0.5) is 5.69 Å². The first-order chi connectivity index (χ1) is 12.6. The molecule has 136 valence electrons. The molecule has 0 spiro atoms. The minimum Gasteiger partial charge on any atom is -0.497 e. The van der Waals surface area contributed by atoms with Gasteiger partial charge >= 0.3 is 0 Å². The Morgan fingerprint density at radius 2 is 1.65 bits per heavy atom. The maximum Gasteiger partial charge on any atom is 0.254 e. The fourth-order valence-electron chi connectivity index (χ4n) is 3.02. The molecule has 1 heterocycles. The number of piperazine rings is 1. The molecular weight excluding hydrogens is 330 g/mol. The molecular formula is C20H23N3O3. The van der Waals surface area contributed by atoms with Crippen molar-refractivity contribution >= 4 is 17.5 Å². The largest absolute Gasteiger partial charge is 0.497 e. The SMILES string of the molecule is COc1cccc(C(=O)N2CCN(C(=O)Cc3ccc(N)cc3)CC2)c1. The molecule has 2 amide bonds. The van der Waals surface area contributed by atoms with Crippen LogP contribution in [0.5, 0.6) is 5.75 Å². The monoisotopic (exact) mass is 353 g/mol. The number of benzene rings is 2. The highest BCUT2D eigenvalue weighted by molar-refractivity contribution is 5.94. The Bertz CT molecular complexity index is 781. The highest BCUT2D eigenvalue weighted by atomic mass is 16.5. The molecule has 1 aliphatic rings. The topological polar surface area (TPSA) is 75.9 Å². The minimum atomic E-state index is -0.0328. The fraction of sp³-hybridized carbons (Fsp3) is 0.300. The number of methoxy groups -OCH3 is 1. The molecule has 3 rings (SSSR count). The van der Waals surface area contributed by atoms with Crippen molar-refractivity contribution < 1.29 is 14.3 Å². The number of hydrogen-bond acceptors (Lipinski definition) is 4. The zero-order chi connectivity index (χ0) is 18.5. The molecule has 2 aromatic carbocycles. The van der Waals surface area contributed by atoms with Crippen molar-refractivity contribution in [1.82, 2.24) is 9.80 Å². The van der Waals surface area contributed by atoms with E-state index in [-0.39, 0.29) is 11.8 Å². The maximum absolute atomic E-state index is 12.6. The highest BCUT2D eigenvalue weighted by Crippen LogP contribution is 2.16. The summed E-state index contributed by atoms with van der Waals surface area (Å²) >= 11 is 0. The Balaban J connectivity index is 1.55. The van der Waals surface area contributed by atoms with Crippen molar-refractivity contribution in [2.75, 3.05) is 39.0 Å². The predicted octanol–water partition coefficient (Wildman–Crippen LogP) is 1.80. The molecule has 0 saturated carbocycles. The molecule has 2 aromatic rings. The summed E-state index contributed by atoms with van der Waals surface area (Å²) in [5.74, 6) is 0.700. The van der Waals surface area contributed by atoms with Gasteiger partial charge in [0.15, 0.2) is 0 Å². The van der Waals surface area contributed by atoms with Gasteiger partial charge in [0, 0.05) is 37.4 Å². The Hall–Kier alpha value is -3.02. The summed E-state index contributed by atoms with van der Waals surface area (Å²) in [7, 11) is 1.58. The quantitative estimate of drug-likeness (QED) is 0.851. The van der Waals surface area contributed by atoms with E-state index < -0.39 is 0 Å². The molecule has 2 N–H and O–H groups in total. The van der Waals surface area contributed by atoms with Gasteiger partial charge in [-0.3, -0.25) is 9.59 Å². The van der Waals surface area contributed by atoms with Gasteiger partial charge in [-0.1, -0.05) is 18.2 Å². The average molecular weight is 353 g/mol. The normalized spacial score (nSPS) is 14.2. The number of carbonyl (C=O) groups is 2. The summed E-state index contributed by atoms with van der Waals surface area (Å²) in [5.41, 5.74) is 7.90. The van der Waals surface area contributed by atoms with Gasteiger partial charge in [0.05, 0.1) is 13.5 Å². The van der Waals surface area contributed by atoms with Crippen LogP contribution >= 0.6 is 0 Å². The summed E-state index contributed by atoms with van der Waals surface area (Å²) in [6.07, 6.45) is 0.351. The van der Waals surface area contributed by atoms with Crippen LogP contribution in [0.15, 0.2) is 48.5 Å². The van der Waals surface area contributed by atoms with Gasteiger partial charge in [0.2, 0.25) is 5.91 Å². The third kappa shape index (κ3) is 4.14. The van der Waals surface area contributed by atoms with Gasteiger partial charge in [-0.2, -0.15) is 0 Å². The summed E-state index contributed by atoms with van der Waals surface area (Å²) < 4.78 is 5.17. The van der Waals surface area contributed by atoms with E-state index in [1.807, 2.05) is 23.1 Å². The van der Waals surface area contributed by atoms with E-state index >= 15 is 0 Å². The molecule has 1 fully saturated rings. The van der Waals surface area contributed by atoms with E-state index in [9.17, 15) is 9.59 Å². The van der Waals surface area contributed by atoms with Crippen LogP contribution < -0.4 is 10.5 Å².